The van der Waals surface area contributed by atoms with Crippen molar-refractivity contribution in [2.45, 2.75) is 13.0 Å². The van der Waals surface area contributed by atoms with Crippen molar-refractivity contribution in [1.82, 2.24) is 10.3 Å². The number of carbonyl (C=O) groups is 1. The molecule has 0 bridgehead atoms. The number of anilines is 1. The van der Waals surface area contributed by atoms with E-state index in [0.717, 1.165) is 27.9 Å². The Hall–Kier alpha value is -2.28. The molecule has 1 amide bonds. The van der Waals surface area contributed by atoms with E-state index >= 15 is 0 Å². The van der Waals surface area contributed by atoms with E-state index < -0.39 is 0 Å². The summed E-state index contributed by atoms with van der Waals surface area (Å²) in [7, 11) is 5.53. The smallest absolute Gasteiger partial charge is 0.227 e. The standard InChI is InChI=1S/C17H21N3O3S/c1-20(2)17-19-13(10-24-17)8-18-16(21)12-6-11-4-5-14(22-3)7-15(11)23-9-12/h4-5,7,10,12H,6,8-9H2,1-3H3,(H,18,21). The maximum atomic E-state index is 12.4. The van der Waals surface area contributed by atoms with E-state index in [2.05, 4.69) is 10.3 Å². The van der Waals surface area contributed by atoms with Gasteiger partial charge in [-0.15, -0.1) is 11.3 Å². The number of nitrogens with one attached hydrogen (secondary N) is 1. The Bertz CT molecular complexity index is 730. The van der Waals surface area contributed by atoms with Gasteiger partial charge in [-0.1, -0.05) is 6.07 Å². The van der Waals surface area contributed by atoms with Gasteiger partial charge in [-0.3, -0.25) is 4.79 Å². The Morgan fingerprint density at radius 1 is 1.50 bits per heavy atom. The van der Waals surface area contributed by atoms with Gasteiger partial charge in [-0.2, -0.15) is 0 Å². The monoisotopic (exact) mass is 347 g/mol. The molecule has 1 atom stereocenters. The molecule has 128 valence electrons. The van der Waals surface area contributed by atoms with Crippen molar-refractivity contribution in [1.29, 1.82) is 0 Å². The van der Waals surface area contributed by atoms with Crippen molar-refractivity contribution in [3.05, 3.63) is 34.8 Å². The average molecular weight is 347 g/mol. The molecule has 3 rings (SSSR count). The Morgan fingerprint density at radius 2 is 2.33 bits per heavy atom. The molecule has 1 aliphatic rings. The summed E-state index contributed by atoms with van der Waals surface area (Å²) in [6, 6.07) is 5.71. The first-order chi connectivity index (χ1) is 11.6. The molecule has 1 aliphatic heterocycles. The first-order valence-electron chi connectivity index (χ1n) is 7.76. The first kappa shape index (κ1) is 16.6. The molecule has 1 unspecified atom stereocenters. The molecule has 24 heavy (non-hydrogen) atoms. The number of hydrogen-bond donors (Lipinski definition) is 1. The van der Waals surface area contributed by atoms with Gasteiger partial charge in [0.15, 0.2) is 5.13 Å². The molecule has 1 N–H and O–H groups in total. The summed E-state index contributed by atoms with van der Waals surface area (Å²) in [5.41, 5.74) is 1.91. The molecule has 0 fully saturated rings. The molecule has 0 saturated carbocycles. The van der Waals surface area contributed by atoms with Gasteiger partial charge in [-0.05, 0) is 18.1 Å². The van der Waals surface area contributed by atoms with Gasteiger partial charge in [0.1, 0.15) is 18.1 Å². The van der Waals surface area contributed by atoms with Crippen molar-refractivity contribution < 1.29 is 14.3 Å². The van der Waals surface area contributed by atoms with Crippen LogP contribution in [0.2, 0.25) is 0 Å². The Kier molecular flexibility index (Phi) is 4.89. The van der Waals surface area contributed by atoms with Gasteiger partial charge in [-0.25, -0.2) is 4.98 Å². The number of thiazole rings is 1. The molecule has 0 saturated heterocycles. The quantitative estimate of drug-likeness (QED) is 0.897. The predicted molar refractivity (Wildman–Crippen MR) is 94.0 cm³/mol. The van der Waals surface area contributed by atoms with Gasteiger partial charge in [0.2, 0.25) is 5.91 Å². The molecule has 0 aliphatic carbocycles. The van der Waals surface area contributed by atoms with E-state index in [4.69, 9.17) is 9.47 Å². The summed E-state index contributed by atoms with van der Waals surface area (Å²) in [6.45, 7) is 0.821. The number of ether oxygens (including phenoxy) is 2. The molecular formula is C17H21N3O3S. The van der Waals surface area contributed by atoms with Crippen LogP contribution >= 0.6 is 11.3 Å². The predicted octanol–water partition coefficient (Wildman–Crippen LogP) is 2.09. The van der Waals surface area contributed by atoms with E-state index in [1.807, 2.05) is 42.6 Å². The highest BCUT2D eigenvalue weighted by Gasteiger charge is 2.26. The lowest BCUT2D eigenvalue weighted by molar-refractivity contribution is -0.126. The first-order valence-corrected chi connectivity index (χ1v) is 8.64. The maximum absolute atomic E-state index is 12.4. The fraction of sp³-hybridized carbons (Fsp3) is 0.412. The number of nitrogens with zero attached hydrogens (tertiary/aromatic N) is 2. The van der Waals surface area contributed by atoms with Gasteiger partial charge < -0.3 is 19.7 Å². The summed E-state index contributed by atoms with van der Waals surface area (Å²) in [5.74, 6) is 1.37. The van der Waals surface area contributed by atoms with Crippen LogP contribution in [0.15, 0.2) is 23.6 Å². The highest BCUT2D eigenvalue weighted by molar-refractivity contribution is 7.13. The number of fused-ring (bicyclic) bond motifs is 1. The minimum absolute atomic E-state index is 0.00382. The van der Waals surface area contributed by atoms with E-state index in [1.165, 1.54) is 0 Å². The normalized spacial score (nSPS) is 16.0. The third-order valence-corrected chi connectivity index (χ3v) is 4.97. The summed E-state index contributed by atoms with van der Waals surface area (Å²) < 4.78 is 10.9. The second kappa shape index (κ2) is 7.09. The Labute approximate surface area is 145 Å². The van der Waals surface area contributed by atoms with E-state index in [9.17, 15) is 4.79 Å². The van der Waals surface area contributed by atoms with Crippen LogP contribution in [0.25, 0.3) is 0 Å². The summed E-state index contributed by atoms with van der Waals surface area (Å²) >= 11 is 1.57. The van der Waals surface area contributed by atoms with Crippen molar-refractivity contribution in [2.75, 3.05) is 32.7 Å². The van der Waals surface area contributed by atoms with E-state index in [0.29, 0.717) is 19.6 Å². The SMILES string of the molecule is COc1ccc2c(c1)OCC(C(=O)NCc1csc(N(C)C)n1)C2. The Balaban J connectivity index is 1.57. The molecule has 2 aromatic rings. The lowest BCUT2D eigenvalue weighted by atomic mass is 9.96. The van der Waals surface area contributed by atoms with Crippen LogP contribution in [0.3, 0.4) is 0 Å². The van der Waals surface area contributed by atoms with Gasteiger partial charge in [0.25, 0.3) is 0 Å². The number of carbonyl (C=O) groups excluding carboxylic acids is 1. The average Bonchev–Trinajstić information content (AvgIpc) is 3.08. The lowest BCUT2D eigenvalue weighted by Crippen LogP contribution is -2.37. The van der Waals surface area contributed by atoms with Crippen LogP contribution in [0, 0.1) is 5.92 Å². The number of hydrogen-bond acceptors (Lipinski definition) is 6. The molecule has 1 aromatic carbocycles. The minimum atomic E-state index is -0.183. The number of benzene rings is 1. The minimum Gasteiger partial charge on any atom is -0.497 e. The molecule has 2 heterocycles. The van der Waals surface area contributed by atoms with E-state index in [1.54, 1.807) is 18.4 Å². The number of aromatic nitrogens is 1. The zero-order valence-electron chi connectivity index (χ0n) is 14.0. The van der Waals surface area contributed by atoms with Gasteiger partial charge in [0, 0.05) is 25.5 Å². The largest absolute Gasteiger partial charge is 0.497 e. The molecular weight excluding hydrogens is 326 g/mol. The highest BCUT2D eigenvalue weighted by atomic mass is 32.1. The Morgan fingerprint density at radius 3 is 3.04 bits per heavy atom. The van der Waals surface area contributed by atoms with E-state index in [-0.39, 0.29) is 11.8 Å². The molecule has 0 spiro atoms. The highest BCUT2D eigenvalue weighted by Crippen LogP contribution is 2.31. The van der Waals surface area contributed by atoms with Crippen LogP contribution in [-0.2, 0) is 17.8 Å². The van der Waals surface area contributed by atoms with Crippen molar-refractivity contribution in [3.8, 4) is 11.5 Å². The molecule has 1 aromatic heterocycles. The molecule has 6 nitrogen and oxygen atoms in total. The summed E-state index contributed by atoms with van der Waals surface area (Å²) in [4.78, 5) is 18.8. The van der Waals surface area contributed by atoms with Crippen LogP contribution in [0.5, 0.6) is 11.5 Å². The van der Waals surface area contributed by atoms with Crippen LogP contribution < -0.4 is 19.7 Å². The topological polar surface area (TPSA) is 63.7 Å². The number of rotatable bonds is 5. The van der Waals surface area contributed by atoms with Crippen LogP contribution in [-0.4, -0.2) is 38.7 Å². The third-order valence-electron chi connectivity index (χ3n) is 3.92. The molecule has 0 radical (unpaired) electrons. The fourth-order valence-corrected chi connectivity index (χ4v) is 3.31. The van der Waals surface area contributed by atoms with Gasteiger partial charge >= 0.3 is 0 Å². The van der Waals surface area contributed by atoms with Crippen molar-refractivity contribution >= 4 is 22.4 Å². The second-order valence-corrected chi connectivity index (χ2v) is 6.76. The lowest BCUT2D eigenvalue weighted by Gasteiger charge is -2.24. The fourth-order valence-electron chi connectivity index (χ4n) is 2.55. The zero-order chi connectivity index (χ0) is 17.1. The zero-order valence-corrected chi connectivity index (χ0v) is 14.9. The number of methoxy groups -OCH3 is 1. The van der Waals surface area contributed by atoms with Crippen molar-refractivity contribution in [2.24, 2.45) is 5.92 Å². The third kappa shape index (κ3) is 3.62. The number of amides is 1. The van der Waals surface area contributed by atoms with Crippen molar-refractivity contribution in [3.63, 3.8) is 0 Å². The van der Waals surface area contributed by atoms with Crippen LogP contribution in [0.1, 0.15) is 11.3 Å². The maximum Gasteiger partial charge on any atom is 0.227 e. The summed E-state index contributed by atoms with van der Waals surface area (Å²) in [6.07, 6.45) is 0.672. The second-order valence-electron chi connectivity index (χ2n) is 5.92. The van der Waals surface area contributed by atoms with Gasteiger partial charge in [0.05, 0.1) is 25.3 Å². The summed E-state index contributed by atoms with van der Waals surface area (Å²) in [5, 5.41) is 5.86. The van der Waals surface area contributed by atoms with Crippen LogP contribution in [0.4, 0.5) is 5.13 Å². The molecule has 7 heteroatoms.